The minimum atomic E-state index is 0.406. The number of hydrogen-bond donors (Lipinski definition) is 1. The van der Waals surface area contributed by atoms with Crippen LogP contribution in [0.3, 0.4) is 0 Å². The first-order chi connectivity index (χ1) is 7.38. The van der Waals surface area contributed by atoms with Crippen molar-refractivity contribution in [2.45, 2.75) is 6.32 Å². The van der Waals surface area contributed by atoms with Gasteiger partial charge in [-0.05, 0) is 30.7 Å². The standard InChI is InChI=1S/C12H14BNO/c1-15-12-6-4-11(5-7-12)10-13-8-2-3-9-14-13/h2-9,14H,10H2,1H3. The number of hydrogen-bond acceptors (Lipinski definition) is 2. The zero-order valence-electron chi connectivity index (χ0n) is 8.81. The molecule has 1 N–H and O–H groups in total. The minimum absolute atomic E-state index is 0.406. The minimum Gasteiger partial charge on any atom is -0.497 e. The number of benzene rings is 1. The average molecular weight is 199 g/mol. The third-order valence-corrected chi connectivity index (χ3v) is 2.48. The third kappa shape index (κ3) is 2.66. The molecule has 2 nitrogen and oxygen atoms in total. The summed E-state index contributed by atoms with van der Waals surface area (Å²) in [5.41, 5.74) is 1.31. The van der Waals surface area contributed by atoms with Crippen molar-refractivity contribution < 1.29 is 4.74 Å². The molecule has 1 heterocycles. The third-order valence-electron chi connectivity index (χ3n) is 2.48. The molecule has 1 aliphatic heterocycles. The topological polar surface area (TPSA) is 21.3 Å². The van der Waals surface area contributed by atoms with Gasteiger partial charge in [-0.2, -0.15) is 0 Å². The Hall–Kier alpha value is -1.64. The van der Waals surface area contributed by atoms with Crippen molar-refractivity contribution >= 4 is 6.85 Å². The summed E-state index contributed by atoms with van der Waals surface area (Å²) in [5, 5.41) is 3.30. The van der Waals surface area contributed by atoms with Crippen LogP contribution in [0.5, 0.6) is 5.75 Å². The summed E-state index contributed by atoms with van der Waals surface area (Å²) in [5.74, 6) is 3.08. The molecule has 3 heteroatoms. The second-order valence-corrected chi connectivity index (χ2v) is 3.57. The molecule has 2 rings (SSSR count). The fraction of sp³-hybridized carbons (Fsp3) is 0.167. The molecule has 0 amide bonds. The highest BCUT2D eigenvalue weighted by atomic mass is 16.5. The fourth-order valence-electron chi connectivity index (χ4n) is 1.63. The van der Waals surface area contributed by atoms with Crippen LogP contribution in [0.2, 0.25) is 0 Å². The first-order valence-electron chi connectivity index (χ1n) is 5.11. The van der Waals surface area contributed by atoms with E-state index in [2.05, 4.69) is 29.4 Å². The second kappa shape index (κ2) is 4.74. The number of rotatable bonds is 3. The second-order valence-electron chi connectivity index (χ2n) is 3.57. The maximum absolute atomic E-state index is 5.12. The Kier molecular flexibility index (Phi) is 3.13. The molecular weight excluding hydrogens is 185 g/mol. The van der Waals surface area contributed by atoms with Crippen LogP contribution in [0, 0.1) is 0 Å². The van der Waals surface area contributed by atoms with E-state index < -0.39 is 0 Å². The van der Waals surface area contributed by atoms with Gasteiger partial charge in [0, 0.05) is 0 Å². The summed E-state index contributed by atoms with van der Waals surface area (Å²) in [6.07, 6.45) is 7.06. The molecule has 0 saturated heterocycles. The zero-order valence-corrected chi connectivity index (χ0v) is 8.81. The quantitative estimate of drug-likeness (QED) is 0.751. The molecule has 0 aliphatic carbocycles. The van der Waals surface area contributed by atoms with E-state index in [0.717, 1.165) is 12.1 Å². The van der Waals surface area contributed by atoms with Gasteiger partial charge in [0.15, 0.2) is 0 Å². The van der Waals surface area contributed by atoms with Crippen molar-refractivity contribution in [3.8, 4) is 5.75 Å². The molecule has 1 aromatic rings. The van der Waals surface area contributed by atoms with Gasteiger partial charge in [0.2, 0.25) is 0 Å². The Morgan fingerprint density at radius 1 is 1.20 bits per heavy atom. The average Bonchev–Trinajstić information content (AvgIpc) is 2.31. The highest BCUT2D eigenvalue weighted by Gasteiger charge is 2.10. The van der Waals surface area contributed by atoms with E-state index >= 15 is 0 Å². The molecule has 0 atom stereocenters. The number of ether oxygens (including phenoxy) is 1. The predicted molar refractivity (Wildman–Crippen MR) is 63.9 cm³/mol. The van der Waals surface area contributed by atoms with Gasteiger partial charge in [-0.3, -0.25) is 0 Å². The Morgan fingerprint density at radius 3 is 2.60 bits per heavy atom. The van der Waals surface area contributed by atoms with Crippen molar-refractivity contribution in [3.63, 3.8) is 0 Å². The molecule has 0 bridgehead atoms. The molecule has 0 unspecified atom stereocenters. The van der Waals surface area contributed by atoms with Crippen LogP contribution in [0.25, 0.3) is 0 Å². The fourth-order valence-corrected chi connectivity index (χ4v) is 1.63. The first-order valence-corrected chi connectivity index (χ1v) is 5.11. The van der Waals surface area contributed by atoms with Crippen molar-refractivity contribution in [2.24, 2.45) is 0 Å². The monoisotopic (exact) mass is 199 g/mol. The highest BCUT2D eigenvalue weighted by molar-refractivity contribution is 6.61. The predicted octanol–water partition coefficient (Wildman–Crippen LogP) is 1.98. The number of nitrogens with one attached hydrogen (secondary N) is 1. The van der Waals surface area contributed by atoms with E-state index in [1.807, 2.05) is 24.4 Å². The number of allylic oxidation sites excluding steroid dienone is 2. The van der Waals surface area contributed by atoms with E-state index in [9.17, 15) is 0 Å². The molecule has 1 aliphatic rings. The molecular formula is C12H14BNO. The lowest BCUT2D eigenvalue weighted by atomic mass is 9.57. The summed E-state index contributed by atoms with van der Waals surface area (Å²) >= 11 is 0. The largest absolute Gasteiger partial charge is 0.497 e. The van der Waals surface area contributed by atoms with Gasteiger partial charge in [0.25, 0.3) is 6.85 Å². The van der Waals surface area contributed by atoms with Crippen LogP contribution in [0.1, 0.15) is 5.56 Å². The van der Waals surface area contributed by atoms with Gasteiger partial charge < -0.3 is 9.96 Å². The summed E-state index contributed by atoms with van der Waals surface area (Å²) in [7, 11) is 1.69. The summed E-state index contributed by atoms with van der Waals surface area (Å²) in [6, 6.07) is 8.20. The van der Waals surface area contributed by atoms with Crippen LogP contribution < -0.4 is 9.96 Å². The Bertz CT molecular complexity index is 370. The van der Waals surface area contributed by atoms with E-state index in [1.165, 1.54) is 5.56 Å². The van der Waals surface area contributed by atoms with Gasteiger partial charge in [-0.15, -0.1) is 0 Å². The maximum atomic E-state index is 5.12. The van der Waals surface area contributed by atoms with Crippen LogP contribution in [0.4, 0.5) is 0 Å². The Labute approximate surface area is 90.7 Å². The molecule has 1 aromatic carbocycles. The van der Waals surface area contributed by atoms with E-state index in [0.29, 0.717) is 6.85 Å². The molecule has 0 fully saturated rings. The molecule has 0 spiro atoms. The highest BCUT2D eigenvalue weighted by Crippen LogP contribution is 2.12. The molecule has 0 aromatic heterocycles. The van der Waals surface area contributed by atoms with E-state index in [1.54, 1.807) is 7.11 Å². The molecule has 76 valence electrons. The van der Waals surface area contributed by atoms with Gasteiger partial charge in [0.05, 0.1) is 7.11 Å². The van der Waals surface area contributed by atoms with Crippen LogP contribution >= 0.6 is 0 Å². The smallest absolute Gasteiger partial charge is 0.282 e. The van der Waals surface area contributed by atoms with E-state index in [-0.39, 0.29) is 0 Å². The lowest BCUT2D eigenvalue weighted by Crippen LogP contribution is -2.31. The SMILES string of the molecule is COc1ccc(CB2C=CC=CN2)cc1. The van der Waals surface area contributed by atoms with Crippen molar-refractivity contribution in [2.75, 3.05) is 7.11 Å². The first kappa shape index (κ1) is 9.90. The van der Waals surface area contributed by atoms with Gasteiger partial charge in [-0.25, -0.2) is 0 Å². The van der Waals surface area contributed by atoms with Crippen molar-refractivity contribution in [3.05, 3.63) is 54.2 Å². The van der Waals surface area contributed by atoms with Crippen molar-refractivity contribution in [1.82, 2.24) is 5.23 Å². The molecule has 0 saturated carbocycles. The lowest BCUT2D eigenvalue weighted by molar-refractivity contribution is 0.414. The van der Waals surface area contributed by atoms with E-state index in [4.69, 9.17) is 4.74 Å². The number of methoxy groups -OCH3 is 1. The van der Waals surface area contributed by atoms with Crippen molar-refractivity contribution in [1.29, 1.82) is 0 Å². The lowest BCUT2D eigenvalue weighted by Gasteiger charge is -2.11. The van der Waals surface area contributed by atoms with Gasteiger partial charge in [0.1, 0.15) is 5.75 Å². The van der Waals surface area contributed by atoms with Crippen LogP contribution in [-0.2, 0) is 6.32 Å². The summed E-state index contributed by atoms with van der Waals surface area (Å²) < 4.78 is 5.12. The zero-order chi connectivity index (χ0) is 10.5. The normalized spacial score (nSPS) is 13.8. The molecule has 0 radical (unpaired) electrons. The maximum Gasteiger partial charge on any atom is 0.282 e. The van der Waals surface area contributed by atoms with Gasteiger partial charge in [-0.1, -0.05) is 29.7 Å². The Morgan fingerprint density at radius 2 is 2.00 bits per heavy atom. The summed E-state index contributed by atoms with van der Waals surface area (Å²) in [4.78, 5) is 0. The van der Waals surface area contributed by atoms with Crippen LogP contribution in [0.15, 0.2) is 48.6 Å². The van der Waals surface area contributed by atoms with Crippen LogP contribution in [-0.4, -0.2) is 14.0 Å². The summed E-state index contributed by atoms with van der Waals surface area (Å²) in [6.45, 7) is 0.406. The van der Waals surface area contributed by atoms with Gasteiger partial charge >= 0.3 is 0 Å². The molecule has 15 heavy (non-hydrogen) atoms. The Balaban J connectivity index is 1.98.